The second-order valence-electron chi connectivity index (χ2n) is 14.8. The fourth-order valence-corrected chi connectivity index (χ4v) is 9.28. The highest BCUT2D eigenvalue weighted by Crippen LogP contribution is 2.38. The van der Waals surface area contributed by atoms with Crippen LogP contribution in [0.15, 0.2) is 70.9 Å². The number of aromatic nitrogens is 1. The zero-order valence-electron chi connectivity index (χ0n) is 31.5. The number of ether oxygens (including phenoxy) is 3. The van der Waals surface area contributed by atoms with Gasteiger partial charge in [-0.3, -0.25) is 9.78 Å². The summed E-state index contributed by atoms with van der Waals surface area (Å²) < 4.78 is 62.0. The lowest BCUT2D eigenvalue weighted by Gasteiger charge is -2.44. The maximum absolute atomic E-state index is 15.7. The van der Waals surface area contributed by atoms with Crippen LogP contribution in [-0.2, 0) is 30.7 Å². The SMILES string of the molecule is COc1ccc(S(=O)(=O)N2[C@@H](CCc3c(F)cncc3NC(=O)C(N=[N+]=[N-])[C@@H](c3ccc(Cl)cc3)C3CCOCC3)CN(C(=O)OC(C)(C)C)C[C@@H]2C)cc1. The van der Waals surface area contributed by atoms with Crippen molar-refractivity contribution in [2.75, 3.05) is 38.7 Å². The highest BCUT2D eigenvalue weighted by Gasteiger charge is 2.43. The van der Waals surface area contributed by atoms with Crippen molar-refractivity contribution in [2.45, 2.75) is 87.9 Å². The van der Waals surface area contributed by atoms with Gasteiger partial charge in [0.15, 0.2) is 0 Å². The van der Waals surface area contributed by atoms with Gasteiger partial charge < -0.3 is 24.4 Å². The monoisotopic (exact) mass is 799 g/mol. The molecule has 1 aromatic heterocycles. The van der Waals surface area contributed by atoms with E-state index >= 15 is 4.39 Å². The molecular formula is C38H47ClFN7O7S. The maximum Gasteiger partial charge on any atom is 0.410 e. The van der Waals surface area contributed by atoms with E-state index in [1.807, 2.05) is 0 Å². The smallest absolute Gasteiger partial charge is 0.410 e. The highest BCUT2D eigenvalue weighted by atomic mass is 35.5. The predicted molar refractivity (Wildman–Crippen MR) is 205 cm³/mol. The summed E-state index contributed by atoms with van der Waals surface area (Å²) in [5, 5.41) is 7.23. The molecule has 296 valence electrons. The quantitative estimate of drug-likeness (QED) is 0.112. The molecule has 0 radical (unpaired) electrons. The number of rotatable bonds is 12. The second kappa shape index (κ2) is 18.0. The van der Waals surface area contributed by atoms with E-state index in [9.17, 15) is 23.5 Å². The molecule has 0 bridgehead atoms. The van der Waals surface area contributed by atoms with Crippen LogP contribution in [0.3, 0.4) is 0 Å². The van der Waals surface area contributed by atoms with Crippen LogP contribution in [0.1, 0.15) is 64.0 Å². The molecule has 55 heavy (non-hydrogen) atoms. The van der Waals surface area contributed by atoms with Gasteiger partial charge in [-0.15, -0.1) is 0 Å². The Labute approximate surface area is 326 Å². The van der Waals surface area contributed by atoms with Gasteiger partial charge in [0.05, 0.1) is 30.1 Å². The minimum absolute atomic E-state index is 0.0303. The lowest BCUT2D eigenvalue weighted by molar-refractivity contribution is -0.118. The summed E-state index contributed by atoms with van der Waals surface area (Å²) in [6.07, 6.45) is 2.97. The molecule has 1 unspecified atom stereocenters. The zero-order valence-corrected chi connectivity index (χ0v) is 33.1. The number of piperazine rings is 1. The van der Waals surface area contributed by atoms with E-state index in [-0.39, 0.29) is 48.0 Å². The number of azide groups is 1. The molecule has 2 saturated heterocycles. The van der Waals surface area contributed by atoms with Crippen LogP contribution in [0.2, 0.25) is 5.02 Å². The summed E-state index contributed by atoms with van der Waals surface area (Å²) in [5.74, 6) is -1.52. The Morgan fingerprint density at radius 3 is 2.40 bits per heavy atom. The number of hydrogen-bond acceptors (Lipinski definition) is 9. The Balaban J connectivity index is 1.45. The summed E-state index contributed by atoms with van der Waals surface area (Å²) >= 11 is 6.17. The van der Waals surface area contributed by atoms with Crippen molar-refractivity contribution in [2.24, 2.45) is 11.0 Å². The topological polar surface area (TPSA) is 176 Å². The summed E-state index contributed by atoms with van der Waals surface area (Å²) in [6.45, 7) is 7.92. The normalized spacial score (nSPS) is 19.5. The minimum atomic E-state index is -4.12. The van der Waals surface area contributed by atoms with E-state index in [0.717, 1.165) is 11.8 Å². The fourth-order valence-electron chi connectivity index (χ4n) is 7.32. The van der Waals surface area contributed by atoms with Crippen LogP contribution in [0, 0.1) is 11.7 Å². The number of halogens is 2. The van der Waals surface area contributed by atoms with Crippen LogP contribution in [-0.4, -0.2) is 91.7 Å². The average Bonchev–Trinajstić information content (AvgIpc) is 3.14. The largest absolute Gasteiger partial charge is 0.497 e. The van der Waals surface area contributed by atoms with E-state index in [1.165, 1.54) is 34.6 Å². The number of amides is 2. The number of benzene rings is 2. The average molecular weight is 800 g/mol. The molecule has 5 rings (SSSR count). The Morgan fingerprint density at radius 1 is 1.11 bits per heavy atom. The number of methoxy groups -OCH3 is 1. The third-order valence-electron chi connectivity index (χ3n) is 9.80. The number of carbonyl (C=O) groups excluding carboxylic acids is 2. The number of pyridine rings is 1. The van der Waals surface area contributed by atoms with Crippen LogP contribution < -0.4 is 10.1 Å². The molecule has 14 nitrogen and oxygen atoms in total. The first-order valence-electron chi connectivity index (χ1n) is 18.1. The predicted octanol–water partition coefficient (Wildman–Crippen LogP) is 7.34. The van der Waals surface area contributed by atoms with Crippen LogP contribution in [0.4, 0.5) is 14.9 Å². The standard InChI is InChI=1S/C38H47ClFN7O7S/c1-24-22-46(37(49)54-38(2,3)4)23-28(47(24)55(50,51)30-13-11-29(52-5)12-14-30)10-15-31-32(40)20-42-21-33(31)43-36(48)35(44-45-41)34(26-16-18-53-19-17-26)25-6-8-27(39)9-7-25/h6-9,11-14,20-21,24,26,28,34-35H,10,15-19,22-23H2,1-5H3,(H,43,48)/t24-,28-,34-,35?/m0/s1. The van der Waals surface area contributed by atoms with E-state index in [1.54, 1.807) is 64.1 Å². The second-order valence-corrected chi connectivity index (χ2v) is 17.0. The minimum Gasteiger partial charge on any atom is -0.497 e. The van der Waals surface area contributed by atoms with Gasteiger partial charge in [0.25, 0.3) is 0 Å². The van der Waals surface area contributed by atoms with Crippen LogP contribution in [0.5, 0.6) is 5.75 Å². The number of carbonyl (C=O) groups is 2. The first kappa shape index (κ1) is 41.7. The first-order valence-corrected chi connectivity index (χ1v) is 19.9. The number of anilines is 1. The summed E-state index contributed by atoms with van der Waals surface area (Å²) in [6, 6.07) is 10.3. The molecule has 2 fully saturated rings. The molecule has 2 aromatic carbocycles. The molecule has 2 amide bonds. The third-order valence-corrected chi connectivity index (χ3v) is 12.1. The third kappa shape index (κ3) is 10.2. The fraction of sp³-hybridized carbons (Fsp3) is 0.500. The van der Waals surface area contributed by atoms with E-state index in [0.29, 0.717) is 36.8 Å². The Bertz CT molecular complexity index is 1970. The van der Waals surface area contributed by atoms with Crippen LogP contribution in [0.25, 0.3) is 10.4 Å². The molecule has 0 aliphatic carbocycles. The molecule has 2 aliphatic heterocycles. The van der Waals surface area contributed by atoms with E-state index in [2.05, 4.69) is 20.3 Å². The molecule has 3 heterocycles. The molecule has 2 aliphatic rings. The summed E-state index contributed by atoms with van der Waals surface area (Å²) in [7, 11) is -2.64. The summed E-state index contributed by atoms with van der Waals surface area (Å²) in [5.41, 5.74) is 9.70. The molecule has 4 atom stereocenters. The van der Waals surface area contributed by atoms with Crippen molar-refractivity contribution in [3.8, 4) is 5.75 Å². The Hall–Kier alpha value is -4.47. The van der Waals surface area contributed by atoms with Crippen molar-refractivity contribution < 1.29 is 36.6 Å². The Morgan fingerprint density at radius 2 is 1.78 bits per heavy atom. The molecule has 1 N–H and O–H groups in total. The van der Waals surface area contributed by atoms with E-state index < -0.39 is 57.5 Å². The van der Waals surface area contributed by atoms with Crippen molar-refractivity contribution in [3.05, 3.63) is 93.3 Å². The molecule has 0 saturated carbocycles. The number of nitrogens with zero attached hydrogens (tertiary/aromatic N) is 6. The number of sulfonamides is 1. The van der Waals surface area contributed by atoms with Crippen molar-refractivity contribution in [1.29, 1.82) is 0 Å². The van der Waals surface area contributed by atoms with E-state index in [4.69, 9.17) is 25.8 Å². The molecule has 3 aromatic rings. The lowest BCUT2D eigenvalue weighted by atomic mass is 9.76. The molecule has 17 heteroatoms. The van der Waals surface area contributed by atoms with Gasteiger partial charge in [-0.25, -0.2) is 17.6 Å². The van der Waals surface area contributed by atoms with Gasteiger partial charge in [0.2, 0.25) is 15.9 Å². The number of hydrogen-bond donors (Lipinski definition) is 1. The lowest BCUT2D eigenvalue weighted by Crippen LogP contribution is -2.61. The van der Waals surface area contributed by atoms with Crippen molar-refractivity contribution in [1.82, 2.24) is 14.2 Å². The first-order chi connectivity index (χ1) is 26.1. The Kier molecular flexibility index (Phi) is 13.6. The van der Waals surface area contributed by atoms with Gasteiger partial charge in [0.1, 0.15) is 23.2 Å². The van der Waals surface area contributed by atoms with Gasteiger partial charge in [-0.05, 0) is 107 Å². The van der Waals surface area contributed by atoms with Gasteiger partial charge >= 0.3 is 6.09 Å². The maximum atomic E-state index is 15.7. The van der Waals surface area contributed by atoms with Crippen molar-refractivity contribution >= 4 is 39.3 Å². The number of nitrogens with one attached hydrogen (secondary N) is 1. The van der Waals surface area contributed by atoms with Gasteiger partial charge in [-0.1, -0.05) is 28.8 Å². The molecule has 0 spiro atoms. The summed E-state index contributed by atoms with van der Waals surface area (Å²) in [4.78, 5) is 35.9. The highest BCUT2D eigenvalue weighted by molar-refractivity contribution is 7.89. The van der Waals surface area contributed by atoms with Gasteiger partial charge in [-0.2, -0.15) is 4.31 Å². The molecular weight excluding hydrogens is 753 g/mol. The zero-order chi connectivity index (χ0) is 39.9. The van der Waals surface area contributed by atoms with Gasteiger partial charge in [0, 0.05) is 59.8 Å². The van der Waals surface area contributed by atoms with Crippen molar-refractivity contribution in [3.63, 3.8) is 0 Å². The van der Waals surface area contributed by atoms with Crippen LogP contribution >= 0.6 is 11.6 Å².